The van der Waals surface area contributed by atoms with Crippen LogP contribution in [0, 0.1) is 19.9 Å². The van der Waals surface area contributed by atoms with Crippen LogP contribution in [-0.2, 0) is 16.2 Å². The molecule has 1 aliphatic heterocycles. The van der Waals surface area contributed by atoms with Crippen LogP contribution in [0.15, 0.2) is 66.4 Å². The molecule has 0 bridgehead atoms. The maximum Gasteiger partial charge on any atom is 0.329 e. The fourth-order valence-electron chi connectivity index (χ4n) is 3.51. The van der Waals surface area contributed by atoms with Gasteiger partial charge in [0.05, 0.1) is 7.14 Å². The molecule has 0 atom stereocenters. The zero-order chi connectivity index (χ0) is 25.8. The van der Waals surface area contributed by atoms with E-state index in [9.17, 15) is 18.8 Å². The van der Waals surface area contributed by atoms with Gasteiger partial charge in [-0.15, -0.1) is 0 Å². The Bertz CT molecular complexity index is 1370. The number of nitrogens with zero attached hydrogens (tertiary/aromatic N) is 1. The van der Waals surface area contributed by atoms with E-state index in [4.69, 9.17) is 4.74 Å². The molecule has 0 saturated carbocycles. The van der Waals surface area contributed by atoms with Crippen molar-refractivity contribution >= 4 is 74.8 Å². The summed E-state index contributed by atoms with van der Waals surface area (Å²) in [4.78, 5) is 38.5. The Balaban J connectivity index is 1.44. The Morgan fingerprint density at radius 2 is 1.81 bits per heavy atom. The lowest BCUT2D eigenvalue weighted by Crippen LogP contribution is -2.38. The van der Waals surface area contributed by atoms with Crippen LogP contribution in [0.4, 0.5) is 14.9 Å². The van der Waals surface area contributed by atoms with E-state index in [-0.39, 0.29) is 18.1 Å². The number of hydrogen-bond acceptors (Lipinski definition) is 4. The lowest BCUT2D eigenvalue weighted by atomic mass is 10.2. The molecule has 0 aliphatic carbocycles. The van der Waals surface area contributed by atoms with Gasteiger partial charge in [-0.1, -0.05) is 30.3 Å². The van der Waals surface area contributed by atoms with Gasteiger partial charge in [0, 0.05) is 11.3 Å². The van der Waals surface area contributed by atoms with Crippen molar-refractivity contribution in [3.05, 3.63) is 96.0 Å². The first-order valence-electron chi connectivity index (χ1n) is 10.8. The maximum atomic E-state index is 13.9. The first-order valence-corrected chi connectivity index (χ1v) is 12.9. The maximum absolute atomic E-state index is 13.9. The second kappa shape index (κ2) is 11.4. The van der Waals surface area contributed by atoms with Crippen molar-refractivity contribution in [2.45, 2.75) is 13.5 Å². The Morgan fingerprint density at radius 3 is 2.50 bits per heavy atom. The summed E-state index contributed by atoms with van der Waals surface area (Å²) in [7, 11) is 0. The molecule has 0 spiro atoms. The van der Waals surface area contributed by atoms with Crippen LogP contribution in [0.25, 0.3) is 6.08 Å². The summed E-state index contributed by atoms with van der Waals surface area (Å²) in [5.41, 5.74) is 2.73. The molecule has 7 nitrogen and oxygen atoms in total. The third-order valence-electron chi connectivity index (χ3n) is 5.23. The van der Waals surface area contributed by atoms with E-state index in [2.05, 4.69) is 55.8 Å². The molecule has 36 heavy (non-hydrogen) atoms. The standard InChI is InChI=1S/C26H20FI2N3O4/c1-15-5-4-7-18(9-15)30-23(33)13-32-25(34)22(31-26(32)35)12-16-10-20(28)24(21(29)11-16)36-14-17-6-2-3-8-19(17)27/h2-12H,13-14H2,1H3,(H,30,33)(H,31,35)/b22-12+. The number of halogens is 3. The van der Waals surface area contributed by atoms with Crippen molar-refractivity contribution in [1.29, 1.82) is 0 Å². The number of amides is 4. The van der Waals surface area contributed by atoms with Crippen molar-refractivity contribution in [3.8, 4) is 5.75 Å². The van der Waals surface area contributed by atoms with Gasteiger partial charge < -0.3 is 15.4 Å². The molecule has 10 heteroatoms. The Hall–Kier alpha value is -3.00. The normalized spacial score (nSPS) is 14.2. The van der Waals surface area contributed by atoms with E-state index in [1.807, 2.05) is 13.0 Å². The van der Waals surface area contributed by atoms with Crippen molar-refractivity contribution < 1.29 is 23.5 Å². The Labute approximate surface area is 234 Å². The summed E-state index contributed by atoms with van der Waals surface area (Å²) in [5, 5.41) is 5.22. The molecule has 2 N–H and O–H groups in total. The summed E-state index contributed by atoms with van der Waals surface area (Å²) in [5.74, 6) is -0.815. The molecule has 4 rings (SSSR count). The lowest BCUT2D eigenvalue weighted by Gasteiger charge is -2.12. The molecule has 3 aromatic carbocycles. The summed E-state index contributed by atoms with van der Waals surface area (Å²) >= 11 is 4.21. The highest BCUT2D eigenvalue weighted by Gasteiger charge is 2.35. The minimum absolute atomic E-state index is 0.0648. The molecular weight excluding hydrogens is 691 g/mol. The lowest BCUT2D eigenvalue weighted by molar-refractivity contribution is -0.127. The van der Waals surface area contributed by atoms with Crippen LogP contribution in [-0.4, -0.2) is 29.3 Å². The number of hydrogen-bond donors (Lipinski definition) is 2. The molecule has 1 saturated heterocycles. The third kappa shape index (κ3) is 6.22. The van der Waals surface area contributed by atoms with Crippen LogP contribution < -0.4 is 15.4 Å². The predicted octanol–water partition coefficient (Wildman–Crippen LogP) is 5.45. The number of nitrogens with one attached hydrogen (secondary N) is 2. The number of rotatable bonds is 7. The molecule has 0 unspecified atom stereocenters. The van der Waals surface area contributed by atoms with Gasteiger partial charge in [0.15, 0.2) is 0 Å². The second-order valence-corrected chi connectivity index (χ2v) is 10.3. The largest absolute Gasteiger partial charge is 0.487 e. The molecular formula is C26H20FI2N3O4. The number of imide groups is 1. The quantitative estimate of drug-likeness (QED) is 0.194. The minimum Gasteiger partial charge on any atom is -0.487 e. The van der Waals surface area contributed by atoms with E-state index in [0.717, 1.165) is 17.6 Å². The first-order chi connectivity index (χ1) is 17.2. The highest BCUT2D eigenvalue weighted by Crippen LogP contribution is 2.31. The Kier molecular flexibility index (Phi) is 8.24. The average Bonchev–Trinajstić information content (AvgIpc) is 3.07. The van der Waals surface area contributed by atoms with Gasteiger partial charge in [-0.2, -0.15) is 0 Å². The van der Waals surface area contributed by atoms with Gasteiger partial charge in [-0.05, 0) is 99.6 Å². The topological polar surface area (TPSA) is 87.7 Å². The zero-order valence-electron chi connectivity index (χ0n) is 19.0. The SMILES string of the molecule is Cc1cccc(NC(=O)CN2C(=O)N/C(=C/c3cc(I)c(OCc4ccccc4F)c(I)c3)C2=O)c1. The van der Waals surface area contributed by atoms with E-state index in [0.29, 0.717) is 22.6 Å². The van der Waals surface area contributed by atoms with Gasteiger partial charge in [-0.3, -0.25) is 9.59 Å². The van der Waals surface area contributed by atoms with Gasteiger partial charge in [-0.25, -0.2) is 14.1 Å². The number of ether oxygens (including phenoxy) is 1. The highest BCUT2D eigenvalue weighted by molar-refractivity contribution is 14.1. The van der Waals surface area contributed by atoms with E-state index >= 15 is 0 Å². The van der Waals surface area contributed by atoms with Gasteiger partial charge in [0.25, 0.3) is 5.91 Å². The van der Waals surface area contributed by atoms with Crippen LogP contribution in [0.5, 0.6) is 5.75 Å². The average molecular weight is 711 g/mol. The predicted molar refractivity (Wildman–Crippen MR) is 151 cm³/mol. The van der Waals surface area contributed by atoms with Crippen molar-refractivity contribution in [3.63, 3.8) is 0 Å². The zero-order valence-corrected chi connectivity index (χ0v) is 23.3. The van der Waals surface area contributed by atoms with Crippen molar-refractivity contribution in [2.75, 3.05) is 11.9 Å². The molecule has 0 radical (unpaired) electrons. The fraction of sp³-hybridized carbons (Fsp3) is 0.115. The molecule has 184 valence electrons. The van der Waals surface area contributed by atoms with E-state index < -0.39 is 24.4 Å². The Morgan fingerprint density at radius 1 is 1.08 bits per heavy atom. The van der Waals surface area contributed by atoms with Gasteiger partial charge in [0.1, 0.15) is 30.4 Å². The van der Waals surface area contributed by atoms with E-state index in [1.54, 1.807) is 54.6 Å². The molecule has 4 amide bonds. The smallest absolute Gasteiger partial charge is 0.329 e. The van der Waals surface area contributed by atoms with Crippen molar-refractivity contribution in [2.24, 2.45) is 0 Å². The molecule has 0 aromatic heterocycles. The van der Waals surface area contributed by atoms with E-state index in [1.165, 1.54) is 6.07 Å². The van der Waals surface area contributed by atoms with Crippen LogP contribution in [0.2, 0.25) is 0 Å². The van der Waals surface area contributed by atoms with Crippen molar-refractivity contribution in [1.82, 2.24) is 10.2 Å². The second-order valence-electron chi connectivity index (χ2n) is 7.99. The minimum atomic E-state index is -0.667. The van der Waals surface area contributed by atoms with Gasteiger partial charge >= 0.3 is 6.03 Å². The third-order valence-corrected chi connectivity index (χ3v) is 6.83. The number of benzene rings is 3. The van der Waals surface area contributed by atoms with Gasteiger partial charge in [0.2, 0.25) is 5.91 Å². The molecule has 1 fully saturated rings. The summed E-state index contributed by atoms with van der Waals surface area (Å²) < 4.78 is 21.3. The molecule has 1 heterocycles. The number of carbonyl (C=O) groups is 3. The number of anilines is 1. The molecule has 1 aliphatic rings. The highest BCUT2D eigenvalue weighted by atomic mass is 127. The summed E-state index contributed by atoms with van der Waals surface area (Å²) in [6, 6.07) is 16.5. The monoisotopic (exact) mass is 711 g/mol. The first kappa shape index (κ1) is 26.1. The number of aryl methyl sites for hydroxylation is 1. The van der Waals surface area contributed by atoms with Crippen LogP contribution >= 0.6 is 45.2 Å². The fourth-order valence-corrected chi connectivity index (χ4v) is 5.64. The summed E-state index contributed by atoms with van der Waals surface area (Å²) in [6.45, 7) is 1.56. The van der Waals surface area contributed by atoms with Crippen LogP contribution in [0.1, 0.15) is 16.7 Å². The molecule has 3 aromatic rings. The number of carbonyl (C=O) groups excluding carboxylic acids is 3. The number of urea groups is 1. The summed E-state index contributed by atoms with van der Waals surface area (Å²) in [6.07, 6.45) is 1.55. The van der Waals surface area contributed by atoms with Crippen LogP contribution in [0.3, 0.4) is 0 Å².